The molecule has 0 aliphatic carbocycles. The molecule has 3 rings (SSSR count). The molecule has 0 bridgehead atoms. The van der Waals surface area contributed by atoms with Gasteiger partial charge in [0.05, 0.1) is 31.6 Å². The highest BCUT2D eigenvalue weighted by Gasteiger charge is 2.12. The Labute approximate surface area is 128 Å². The molecule has 0 saturated carbocycles. The summed E-state index contributed by atoms with van der Waals surface area (Å²) in [6.45, 7) is 1.44. The van der Waals surface area contributed by atoms with Gasteiger partial charge in [-0.3, -0.25) is 4.98 Å². The van der Waals surface area contributed by atoms with Gasteiger partial charge in [-0.15, -0.1) is 0 Å². The number of hydrogen-bond acceptors (Lipinski definition) is 6. The van der Waals surface area contributed by atoms with Gasteiger partial charge < -0.3 is 25.0 Å². The van der Waals surface area contributed by atoms with Crippen molar-refractivity contribution in [2.45, 2.75) is 19.8 Å². The molecule has 0 atom stereocenters. The van der Waals surface area contributed by atoms with Gasteiger partial charge in [0.2, 0.25) is 0 Å². The van der Waals surface area contributed by atoms with E-state index in [0.717, 1.165) is 16.9 Å². The van der Waals surface area contributed by atoms with Gasteiger partial charge in [-0.05, 0) is 23.3 Å². The van der Waals surface area contributed by atoms with Gasteiger partial charge in [0, 0.05) is 11.8 Å². The molecule has 116 valence electrons. The van der Waals surface area contributed by atoms with Gasteiger partial charge in [-0.2, -0.15) is 0 Å². The van der Waals surface area contributed by atoms with Crippen molar-refractivity contribution in [2.24, 2.45) is 0 Å². The maximum Gasteiger partial charge on any atom is 0.179 e. The molecule has 1 aliphatic rings. The third kappa shape index (κ3) is 3.13. The van der Waals surface area contributed by atoms with E-state index in [1.807, 2.05) is 18.2 Å². The van der Waals surface area contributed by atoms with E-state index in [0.29, 0.717) is 36.8 Å². The van der Waals surface area contributed by atoms with Crippen LogP contribution in [0.1, 0.15) is 16.8 Å². The first-order chi connectivity index (χ1) is 10.8. The number of rotatable bonds is 5. The molecule has 1 aromatic heterocycles. The predicted octanol–water partition coefficient (Wildman–Crippen LogP) is 1.45. The van der Waals surface area contributed by atoms with Crippen LogP contribution in [0, 0.1) is 0 Å². The molecule has 2 heterocycles. The van der Waals surface area contributed by atoms with E-state index >= 15 is 0 Å². The van der Waals surface area contributed by atoms with E-state index in [1.165, 1.54) is 0 Å². The lowest BCUT2D eigenvalue weighted by atomic mass is 10.1. The largest absolute Gasteiger partial charge is 0.486 e. The van der Waals surface area contributed by atoms with Gasteiger partial charge in [-0.1, -0.05) is 6.07 Å². The second-order valence-electron chi connectivity index (χ2n) is 4.97. The Bertz CT molecular complexity index is 621. The Kier molecular flexibility index (Phi) is 4.41. The van der Waals surface area contributed by atoms with Gasteiger partial charge in [0.1, 0.15) is 13.2 Å². The highest BCUT2D eigenvalue weighted by Crippen LogP contribution is 2.29. The van der Waals surface area contributed by atoms with E-state index in [-0.39, 0.29) is 13.2 Å². The molecular weight excluding hydrogens is 284 g/mol. The van der Waals surface area contributed by atoms with Crippen LogP contribution in [-0.4, -0.2) is 28.4 Å². The molecule has 6 heteroatoms. The lowest BCUT2D eigenvalue weighted by Crippen LogP contribution is -2.16. The van der Waals surface area contributed by atoms with Crippen molar-refractivity contribution in [3.63, 3.8) is 0 Å². The lowest BCUT2D eigenvalue weighted by Gasteiger charge is -2.18. The summed E-state index contributed by atoms with van der Waals surface area (Å²) in [7, 11) is 0. The Morgan fingerprint density at radius 1 is 1.00 bits per heavy atom. The molecule has 3 N–H and O–H groups in total. The molecule has 2 aromatic rings. The number of hydrogen-bond donors (Lipinski definition) is 3. The van der Waals surface area contributed by atoms with Crippen LogP contribution in [-0.2, 0) is 19.8 Å². The fourth-order valence-corrected chi connectivity index (χ4v) is 2.32. The van der Waals surface area contributed by atoms with Gasteiger partial charge in [0.25, 0.3) is 0 Å². The van der Waals surface area contributed by atoms with Crippen LogP contribution in [0.5, 0.6) is 11.5 Å². The summed E-state index contributed by atoms with van der Waals surface area (Å²) in [4.78, 5) is 4.33. The third-order valence-corrected chi connectivity index (χ3v) is 3.51. The number of aromatic nitrogens is 1. The summed E-state index contributed by atoms with van der Waals surface area (Å²) in [5.74, 6) is 1.38. The second kappa shape index (κ2) is 6.64. The van der Waals surface area contributed by atoms with E-state index < -0.39 is 0 Å². The van der Waals surface area contributed by atoms with Crippen LogP contribution in [0.3, 0.4) is 0 Å². The maximum absolute atomic E-state index is 9.31. The SMILES string of the molecule is OCc1ccc(NCc2cc3c(cn2)OCCO3)cc1CO. The van der Waals surface area contributed by atoms with Gasteiger partial charge in [0.15, 0.2) is 11.5 Å². The number of fused-ring (bicyclic) bond motifs is 1. The van der Waals surface area contributed by atoms with E-state index in [9.17, 15) is 10.2 Å². The number of aliphatic hydroxyl groups is 2. The van der Waals surface area contributed by atoms with Gasteiger partial charge >= 0.3 is 0 Å². The number of nitrogens with one attached hydrogen (secondary N) is 1. The second-order valence-corrected chi connectivity index (χ2v) is 4.97. The van der Waals surface area contributed by atoms with Crippen LogP contribution in [0.4, 0.5) is 5.69 Å². The summed E-state index contributed by atoms with van der Waals surface area (Å²) in [6.07, 6.45) is 1.67. The van der Waals surface area contributed by atoms with Crippen LogP contribution in [0.15, 0.2) is 30.5 Å². The molecule has 1 aromatic carbocycles. The molecule has 0 saturated heterocycles. The maximum atomic E-state index is 9.31. The summed E-state index contributed by atoms with van der Waals surface area (Å²) in [5.41, 5.74) is 3.13. The standard InChI is InChI=1S/C16H18N2O4/c19-9-11-1-2-13(5-12(11)10-20)17-7-14-6-15-16(8-18-14)22-4-3-21-15/h1-2,5-6,8,17,19-20H,3-4,7,9-10H2. The molecule has 0 unspecified atom stereocenters. The molecule has 22 heavy (non-hydrogen) atoms. The zero-order valence-corrected chi connectivity index (χ0v) is 12.1. The zero-order chi connectivity index (χ0) is 15.4. The van der Waals surface area contributed by atoms with Crippen LogP contribution in [0.25, 0.3) is 0 Å². The van der Waals surface area contributed by atoms with Crippen molar-refractivity contribution in [3.8, 4) is 11.5 Å². The quantitative estimate of drug-likeness (QED) is 0.775. The average molecular weight is 302 g/mol. The van der Waals surface area contributed by atoms with Crippen molar-refractivity contribution >= 4 is 5.69 Å². The molecule has 0 fully saturated rings. The predicted molar refractivity (Wildman–Crippen MR) is 80.8 cm³/mol. The highest BCUT2D eigenvalue weighted by atomic mass is 16.6. The van der Waals surface area contributed by atoms with Crippen molar-refractivity contribution in [1.29, 1.82) is 0 Å². The number of aliphatic hydroxyl groups excluding tert-OH is 2. The third-order valence-electron chi connectivity index (χ3n) is 3.51. The van der Waals surface area contributed by atoms with E-state index in [2.05, 4.69) is 10.3 Å². The number of ether oxygens (including phenoxy) is 2. The smallest absolute Gasteiger partial charge is 0.179 e. The minimum Gasteiger partial charge on any atom is -0.486 e. The molecule has 0 amide bonds. The molecule has 0 radical (unpaired) electrons. The zero-order valence-electron chi connectivity index (χ0n) is 12.1. The Balaban J connectivity index is 1.69. The molecule has 1 aliphatic heterocycles. The highest BCUT2D eigenvalue weighted by molar-refractivity contribution is 5.49. The first kappa shape index (κ1) is 14.6. The van der Waals surface area contributed by atoms with E-state index in [1.54, 1.807) is 12.3 Å². The van der Waals surface area contributed by atoms with Crippen molar-refractivity contribution in [3.05, 3.63) is 47.3 Å². The van der Waals surface area contributed by atoms with E-state index in [4.69, 9.17) is 9.47 Å². The molecule has 0 spiro atoms. The fraction of sp³-hybridized carbons (Fsp3) is 0.312. The molecule has 6 nitrogen and oxygen atoms in total. The van der Waals surface area contributed by atoms with Crippen LogP contribution >= 0.6 is 0 Å². The number of benzene rings is 1. The summed E-state index contributed by atoms with van der Waals surface area (Å²) in [5, 5.41) is 21.7. The first-order valence-corrected chi connectivity index (χ1v) is 7.12. The molecular formula is C16H18N2O4. The monoisotopic (exact) mass is 302 g/mol. The summed E-state index contributed by atoms with van der Waals surface area (Å²) < 4.78 is 11.0. The van der Waals surface area contributed by atoms with Crippen molar-refractivity contribution in [2.75, 3.05) is 18.5 Å². The minimum absolute atomic E-state index is 0.0834. The lowest BCUT2D eigenvalue weighted by molar-refractivity contribution is 0.170. The van der Waals surface area contributed by atoms with Crippen LogP contribution in [0.2, 0.25) is 0 Å². The van der Waals surface area contributed by atoms with Crippen molar-refractivity contribution < 1.29 is 19.7 Å². The van der Waals surface area contributed by atoms with Gasteiger partial charge in [-0.25, -0.2) is 0 Å². The Hall–Kier alpha value is -2.31. The number of anilines is 1. The van der Waals surface area contributed by atoms with Crippen molar-refractivity contribution in [1.82, 2.24) is 4.98 Å². The number of pyridine rings is 1. The summed E-state index contributed by atoms with van der Waals surface area (Å²) >= 11 is 0. The van der Waals surface area contributed by atoms with Crippen LogP contribution < -0.4 is 14.8 Å². The first-order valence-electron chi connectivity index (χ1n) is 7.12. The summed E-state index contributed by atoms with van der Waals surface area (Å²) in [6, 6.07) is 7.34. The normalized spacial score (nSPS) is 13.0. The minimum atomic E-state index is -0.103. The topological polar surface area (TPSA) is 83.8 Å². The average Bonchev–Trinajstić information content (AvgIpc) is 2.59. The number of nitrogens with zero attached hydrogens (tertiary/aromatic N) is 1. The fourth-order valence-electron chi connectivity index (χ4n) is 2.32. The Morgan fingerprint density at radius 2 is 1.77 bits per heavy atom. The Morgan fingerprint density at radius 3 is 2.55 bits per heavy atom.